The number of nitrogens with one attached hydrogen (secondary N) is 2. The zero-order valence-corrected chi connectivity index (χ0v) is 16.8. The summed E-state index contributed by atoms with van der Waals surface area (Å²) in [6.07, 6.45) is 5.99. The first-order valence-corrected chi connectivity index (χ1v) is 10.4. The Hall–Kier alpha value is -2.58. The molecule has 1 fully saturated rings. The van der Waals surface area contributed by atoms with Gasteiger partial charge in [-0.15, -0.1) is 0 Å². The number of aromatic nitrogens is 2. The van der Waals surface area contributed by atoms with Crippen LogP contribution in [-0.2, 0) is 0 Å². The molecule has 0 radical (unpaired) electrons. The second kappa shape index (κ2) is 8.84. The van der Waals surface area contributed by atoms with Crippen LogP contribution in [0.2, 0.25) is 0 Å². The molecule has 0 unspecified atom stereocenters. The molecule has 0 atom stereocenters. The minimum absolute atomic E-state index is 0.169. The number of rotatable bonds is 7. The van der Waals surface area contributed by atoms with Crippen molar-refractivity contribution in [3.05, 3.63) is 34.9 Å². The van der Waals surface area contributed by atoms with Gasteiger partial charge in [-0.3, -0.25) is 4.57 Å². The number of nitrogens with zero attached hydrogens (tertiary/aromatic N) is 2. The van der Waals surface area contributed by atoms with E-state index in [9.17, 15) is 4.79 Å². The molecule has 156 valence electrons. The van der Waals surface area contributed by atoms with E-state index in [2.05, 4.69) is 22.5 Å². The first-order chi connectivity index (χ1) is 14.2. The van der Waals surface area contributed by atoms with Crippen LogP contribution in [0.4, 0.5) is 11.5 Å². The summed E-state index contributed by atoms with van der Waals surface area (Å²) in [4.78, 5) is 17.0. The fraction of sp³-hybridized carbons (Fsp3) is 0.524. The summed E-state index contributed by atoms with van der Waals surface area (Å²) >= 11 is 0. The predicted molar refractivity (Wildman–Crippen MR) is 112 cm³/mol. The number of hydrogen-bond donors (Lipinski definition) is 3. The van der Waals surface area contributed by atoms with Gasteiger partial charge in [0, 0.05) is 12.6 Å². The number of hydrogen-bond acceptors (Lipinski definition) is 7. The van der Waals surface area contributed by atoms with Crippen LogP contribution in [0.25, 0.3) is 0 Å². The lowest BCUT2D eigenvalue weighted by molar-refractivity contribution is 0.262. The maximum Gasteiger partial charge on any atom is 0.350 e. The van der Waals surface area contributed by atoms with Gasteiger partial charge in [0.1, 0.15) is 18.0 Å². The van der Waals surface area contributed by atoms with Crippen LogP contribution in [0.5, 0.6) is 17.2 Å². The Bertz CT molecular complexity index is 906. The Labute approximate surface area is 170 Å². The van der Waals surface area contributed by atoms with E-state index in [0.29, 0.717) is 47.8 Å². The molecule has 1 saturated carbocycles. The lowest BCUT2D eigenvalue weighted by Crippen LogP contribution is -2.32. The average Bonchev–Trinajstić information content (AvgIpc) is 2.75. The van der Waals surface area contributed by atoms with Gasteiger partial charge >= 0.3 is 5.69 Å². The standard InChI is InChI=1S/C21H29N5O3/c1-2-23-12-14-6-8-15(9-7-14)26-13-18-20(25-21(26)27)24-19-16(28-11-10-22)4-3-5-17(19)29-18/h3-5,13-15,23H,2,6-12,22H2,1H3,(H,24,25,27). The van der Waals surface area contributed by atoms with Gasteiger partial charge in [0.05, 0.1) is 6.20 Å². The van der Waals surface area contributed by atoms with Crippen molar-refractivity contribution < 1.29 is 9.47 Å². The van der Waals surface area contributed by atoms with E-state index in [1.54, 1.807) is 10.8 Å². The number of fused-ring (bicyclic) bond motifs is 2. The van der Waals surface area contributed by atoms with Crippen LogP contribution < -0.4 is 31.5 Å². The van der Waals surface area contributed by atoms with Gasteiger partial charge in [-0.25, -0.2) is 4.79 Å². The van der Waals surface area contributed by atoms with Crippen LogP contribution in [0.1, 0.15) is 38.6 Å². The highest BCUT2D eigenvalue weighted by atomic mass is 16.5. The van der Waals surface area contributed by atoms with E-state index >= 15 is 0 Å². The second-order valence-electron chi connectivity index (χ2n) is 7.62. The molecule has 8 nitrogen and oxygen atoms in total. The molecular formula is C21H29N5O3. The first kappa shape index (κ1) is 19.7. The highest BCUT2D eigenvalue weighted by Gasteiger charge is 2.27. The van der Waals surface area contributed by atoms with Gasteiger partial charge in [0.15, 0.2) is 17.3 Å². The van der Waals surface area contributed by atoms with Crippen molar-refractivity contribution in [2.45, 2.75) is 38.6 Å². The van der Waals surface area contributed by atoms with Crippen molar-refractivity contribution >= 4 is 11.5 Å². The van der Waals surface area contributed by atoms with Gasteiger partial charge in [0.25, 0.3) is 0 Å². The summed E-state index contributed by atoms with van der Waals surface area (Å²) in [5, 5.41) is 6.62. The number of anilines is 2. The maximum absolute atomic E-state index is 12.7. The maximum atomic E-state index is 12.7. The fourth-order valence-electron chi connectivity index (χ4n) is 4.10. The Morgan fingerprint density at radius 3 is 2.90 bits per heavy atom. The van der Waals surface area contributed by atoms with Crippen LogP contribution in [0.15, 0.2) is 29.2 Å². The second-order valence-corrected chi connectivity index (χ2v) is 7.62. The molecule has 2 heterocycles. The van der Waals surface area contributed by atoms with Gasteiger partial charge < -0.3 is 25.8 Å². The van der Waals surface area contributed by atoms with Crippen molar-refractivity contribution in [2.75, 3.05) is 31.6 Å². The smallest absolute Gasteiger partial charge is 0.350 e. The van der Waals surface area contributed by atoms with Crippen molar-refractivity contribution in [3.8, 4) is 17.2 Å². The van der Waals surface area contributed by atoms with Crippen LogP contribution in [0.3, 0.4) is 0 Å². The summed E-state index contributed by atoms with van der Waals surface area (Å²) in [7, 11) is 0. The van der Waals surface area contributed by atoms with E-state index < -0.39 is 0 Å². The molecule has 1 aromatic heterocycles. The summed E-state index contributed by atoms with van der Waals surface area (Å²) in [6, 6.07) is 5.74. The molecule has 0 spiro atoms. The monoisotopic (exact) mass is 399 g/mol. The predicted octanol–water partition coefficient (Wildman–Crippen LogP) is 2.77. The molecule has 4 rings (SSSR count). The molecule has 2 aromatic rings. The van der Waals surface area contributed by atoms with Gasteiger partial charge in [-0.05, 0) is 56.8 Å². The SMILES string of the molecule is CCNCC1CCC(n2cc3c(nc2=O)Nc2c(OCCN)cccc2O3)CC1. The topological polar surface area (TPSA) is 103 Å². The van der Waals surface area contributed by atoms with E-state index in [-0.39, 0.29) is 11.7 Å². The molecule has 1 aromatic carbocycles. The van der Waals surface area contributed by atoms with Crippen molar-refractivity contribution in [1.29, 1.82) is 0 Å². The molecule has 0 bridgehead atoms. The number of benzene rings is 1. The zero-order chi connectivity index (χ0) is 20.2. The third-order valence-electron chi connectivity index (χ3n) is 5.64. The Morgan fingerprint density at radius 1 is 1.31 bits per heavy atom. The van der Waals surface area contributed by atoms with Crippen LogP contribution in [-0.4, -0.2) is 35.8 Å². The van der Waals surface area contributed by atoms with Crippen molar-refractivity contribution in [2.24, 2.45) is 11.7 Å². The molecule has 29 heavy (non-hydrogen) atoms. The molecule has 2 aliphatic rings. The van der Waals surface area contributed by atoms with E-state index in [1.165, 1.54) is 0 Å². The van der Waals surface area contributed by atoms with E-state index in [0.717, 1.165) is 38.8 Å². The van der Waals surface area contributed by atoms with Gasteiger partial charge in [-0.1, -0.05) is 13.0 Å². The largest absolute Gasteiger partial charge is 0.490 e. The highest BCUT2D eigenvalue weighted by Crippen LogP contribution is 2.45. The Balaban J connectivity index is 1.52. The number of para-hydroxylation sites is 1. The molecular weight excluding hydrogens is 370 g/mol. The van der Waals surface area contributed by atoms with Crippen molar-refractivity contribution in [1.82, 2.24) is 14.9 Å². The zero-order valence-electron chi connectivity index (χ0n) is 16.8. The summed E-state index contributed by atoms with van der Waals surface area (Å²) in [5.74, 6) is 2.94. The fourth-order valence-corrected chi connectivity index (χ4v) is 4.10. The minimum atomic E-state index is -0.251. The third kappa shape index (κ3) is 4.23. The van der Waals surface area contributed by atoms with E-state index in [4.69, 9.17) is 15.2 Å². The number of ether oxygens (including phenoxy) is 2. The normalized spacial score (nSPS) is 20.2. The lowest BCUT2D eigenvalue weighted by atomic mass is 9.86. The average molecular weight is 399 g/mol. The summed E-state index contributed by atoms with van der Waals surface area (Å²) < 4.78 is 13.5. The Morgan fingerprint density at radius 2 is 2.14 bits per heavy atom. The quantitative estimate of drug-likeness (QED) is 0.561. The molecule has 0 amide bonds. The highest BCUT2D eigenvalue weighted by molar-refractivity contribution is 5.77. The minimum Gasteiger partial charge on any atom is -0.490 e. The van der Waals surface area contributed by atoms with Crippen molar-refractivity contribution in [3.63, 3.8) is 0 Å². The molecule has 4 N–H and O–H groups in total. The van der Waals surface area contributed by atoms with Gasteiger partial charge in [-0.2, -0.15) is 4.98 Å². The Kier molecular flexibility index (Phi) is 6.01. The summed E-state index contributed by atoms with van der Waals surface area (Å²) in [5.41, 5.74) is 5.95. The first-order valence-electron chi connectivity index (χ1n) is 10.4. The van der Waals surface area contributed by atoms with E-state index in [1.807, 2.05) is 18.2 Å². The summed E-state index contributed by atoms with van der Waals surface area (Å²) in [6.45, 7) is 5.00. The lowest BCUT2D eigenvalue weighted by Gasteiger charge is -2.30. The molecule has 1 aliphatic heterocycles. The third-order valence-corrected chi connectivity index (χ3v) is 5.64. The van der Waals surface area contributed by atoms with Gasteiger partial charge in [0.2, 0.25) is 0 Å². The molecule has 0 saturated heterocycles. The van der Waals surface area contributed by atoms with Crippen LogP contribution >= 0.6 is 0 Å². The molecule has 1 aliphatic carbocycles. The molecule has 8 heteroatoms. The number of nitrogens with two attached hydrogens (primary N) is 1. The van der Waals surface area contributed by atoms with Crippen LogP contribution in [0, 0.1) is 5.92 Å².